The highest BCUT2D eigenvalue weighted by molar-refractivity contribution is 7.99. The Labute approximate surface area is 139 Å². The third kappa shape index (κ3) is 4.25. The first-order valence-electron chi connectivity index (χ1n) is 7.32. The van der Waals surface area contributed by atoms with Crippen molar-refractivity contribution in [1.29, 1.82) is 0 Å². The number of nitrogens with zero attached hydrogens (tertiary/aromatic N) is 2. The molecule has 1 unspecified atom stereocenters. The molecule has 2 rings (SSSR count). The van der Waals surface area contributed by atoms with E-state index >= 15 is 0 Å². The molecule has 0 aromatic heterocycles. The number of amides is 2. The monoisotopic (exact) mass is 336 g/mol. The van der Waals surface area contributed by atoms with E-state index in [-0.39, 0.29) is 24.3 Å². The van der Waals surface area contributed by atoms with Crippen molar-refractivity contribution in [3.8, 4) is 0 Å². The Morgan fingerprint density at radius 3 is 2.39 bits per heavy atom. The predicted octanol–water partition coefficient (Wildman–Crippen LogP) is 1.42. The average Bonchev–Trinajstić information content (AvgIpc) is 2.53. The Kier molecular flexibility index (Phi) is 5.65. The van der Waals surface area contributed by atoms with Crippen LogP contribution in [0, 0.1) is 0 Å². The van der Waals surface area contributed by atoms with Gasteiger partial charge in [-0.3, -0.25) is 14.4 Å². The van der Waals surface area contributed by atoms with Gasteiger partial charge in [0.15, 0.2) is 0 Å². The van der Waals surface area contributed by atoms with Crippen LogP contribution in [0.25, 0.3) is 0 Å². The van der Waals surface area contributed by atoms with Gasteiger partial charge < -0.3 is 14.9 Å². The molecule has 1 N–H and O–H groups in total. The third-order valence-electron chi connectivity index (χ3n) is 3.68. The molecule has 1 aliphatic heterocycles. The molecule has 2 amide bonds. The quantitative estimate of drug-likeness (QED) is 0.900. The third-order valence-corrected chi connectivity index (χ3v) is 4.78. The van der Waals surface area contributed by atoms with Crippen LogP contribution in [-0.2, 0) is 4.79 Å². The van der Waals surface area contributed by atoms with Gasteiger partial charge >= 0.3 is 5.97 Å². The van der Waals surface area contributed by atoms with E-state index in [9.17, 15) is 14.4 Å². The Bertz CT molecular complexity index is 601. The van der Waals surface area contributed by atoms with E-state index in [1.807, 2.05) is 0 Å². The van der Waals surface area contributed by atoms with Gasteiger partial charge in [-0.05, 0) is 24.3 Å². The minimum absolute atomic E-state index is 0.0457. The topological polar surface area (TPSA) is 77.9 Å². The van der Waals surface area contributed by atoms with Crippen LogP contribution in [0.1, 0.15) is 27.1 Å². The Morgan fingerprint density at radius 2 is 1.83 bits per heavy atom. The van der Waals surface area contributed by atoms with Crippen LogP contribution < -0.4 is 0 Å². The molecule has 1 aliphatic rings. The van der Waals surface area contributed by atoms with E-state index < -0.39 is 5.97 Å². The average molecular weight is 336 g/mol. The molecule has 1 saturated heterocycles. The number of hydrogen-bond donors (Lipinski definition) is 1. The van der Waals surface area contributed by atoms with Gasteiger partial charge in [-0.25, -0.2) is 0 Å². The highest BCUT2D eigenvalue weighted by Gasteiger charge is 2.29. The number of carbonyl (C=O) groups is 3. The van der Waals surface area contributed by atoms with Gasteiger partial charge in [-0.1, -0.05) is 0 Å². The molecule has 1 atom stereocenters. The van der Waals surface area contributed by atoms with Crippen LogP contribution in [0.4, 0.5) is 0 Å². The summed E-state index contributed by atoms with van der Waals surface area (Å²) in [5.74, 6) is 0.235. The number of thioether (sulfide) groups is 1. The Hall–Kier alpha value is -2.02. The number of aliphatic carboxylic acids is 1. The maximum Gasteiger partial charge on any atom is 0.305 e. The van der Waals surface area contributed by atoms with E-state index in [2.05, 4.69) is 0 Å². The number of carboxylic acids is 1. The van der Waals surface area contributed by atoms with E-state index in [1.54, 1.807) is 55.0 Å². The lowest BCUT2D eigenvalue weighted by Crippen LogP contribution is -2.47. The van der Waals surface area contributed by atoms with Crippen molar-refractivity contribution >= 4 is 29.5 Å². The normalized spacial score (nSPS) is 17.7. The highest BCUT2D eigenvalue weighted by atomic mass is 32.2. The number of carboxylic acid groups (broad SMARTS) is 1. The zero-order valence-electron chi connectivity index (χ0n) is 13.2. The largest absolute Gasteiger partial charge is 0.481 e. The van der Waals surface area contributed by atoms with Crippen molar-refractivity contribution in [2.24, 2.45) is 0 Å². The lowest BCUT2D eigenvalue weighted by Gasteiger charge is -2.34. The van der Waals surface area contributed by atoms with Gasteiger partial charge in [0.25, 0.3) is 11.8 Å². The standard InChI is InChI=1S/C16H20N2O4S/c1-17(2)15(21)11-3-5-12(6-4-11)16(22)18-7-8-23-10-13(18)9-14(19)20/h3-6,13H,7-10H2,1-2H3,(H,19,20). The van der Waals surface area contributed by atoms with Crippen molar-refractivity contribution in [1.82, 2.24) is 9.80 Å². The molecule has 1 aromatic carbocycles. The predicted molar refractivity (Wildman–Crippen MR) is 88.9 cm³/mol. The molecule has 6 nitrogen and oxygen atoms in total. The van der Waals surface area contributed by atoms with Crippen molar-refractivity contribution in [2.45, 2.75) is 12.5 Å². The van der Waals surface area contributed by atoms with Gasteiger partial charge in [-0.2, -0.15) is 11.8 Å². The van der Waals surface area contributed by atoms with Crippen molar-refractivity contribution < 1.29 is 19.5 Å². The van der Waals surface area contributed by atoms with Gasteiger partial charge in [0.1, 0.15) is 0 Å². The number of hydrogen-bond acceptors (Lipinski definition) is 4. The molecule has 23 heavy (non-hydrogen) atoms. The second kappa shape index (κ2) is 7.50. The van der Waals surface area contributed by atoms with Crippen molar-refractivity contribution in [2.75, 3.05) is 32.1 Å². The summed E-state index contributed by atoms with van der Waals surface area (Å²) in [7, 11) is 3.34. The molecular weight excluding hydrogens is 316 g/mol. The fourth-order valence-corrected chi connectivity index (χ4v) is 3.53. The number of rotatable bonds is 4. The minimum Gasteiger partial charge on any atom is -0.481 e. The van der Waals surface area contributed by atoms with Gasteiger partial charge in [-0.15, -0.1) is 0 Å². The fourth-order valence-electron chi connectivity index (χ4n) is 2.47. The van der Waals surface area contributed by atoms with E-state index in [1.165, 1.54) is 4.90 Å². The first kappa shape index (κ1) is 17.3. The highest BCUT2D eigenvalue weighted by Crippen LogP contribution is 2.21. The lowest BCUT2D eigenvalue weighted by atomic mass is 10.1. The van der Waals surface area contributed by atoms with Gasteiger partial charge in [0.05, 0.1) is 12.5 Å². The van der Waals surface area contributed by atoms with Crippen LogP contribution in [0.5, 0.6) is 0 Å². The minimum atomic E-state index is -0.901. The van der Waals surface area contributed by atoms with Crippen LogP contribution in [-0.4, -0.2) is 70.9 Å². The van der Waals surface area contributed by atoms with E-state index in [0.29, 0.717) is 23.4 Å². The van der Waals surface area contributed by atoms with Crippen molar-refractivity contribution in [3.05, 3.63) is 35.4 Å². The SMILES string of the molecule is CN(C)C(=O)c1ccc(C(=O)N2CCSCC2CC(=O)O)cc1. The molecule has 0 aliphatic carbocycles. The summed E-state index contributed by atoms with van der Waals surface area (Å²) in [5.41, 5.74) is 0.991. The zero-order valence-corrected chi connectivity index (χ0v) is 14.0. The summed E-state index contributed by atoms with van der Waals surface area (Å²) >= 11 is 1.66. The summed E-state index contributed by atoms with van der Waals surface area (Å²) in [6, 6.07) is 6.21. The van der Waals surface area contributed by atoms with Crippen LogP contribution >= 0.6 is 11.8 Å². The van der Waals surface area contributed by atoms with E-state index in [4.69, 9.17) is 5.11 Å². The summed E-state index contributed by atoms with van der Waals surface area (Å²) < 4.78 is 0. The summed E-state index contributed by atoms with van der Waals surface area (Å²) in [4.78, 5) is 38.6. The molecule has 1 heterocycles. The number of carbonyl (C=O) groups excluding carboxylic acids is 2. The molecular formula is C16H20N2O4S. The smallest absolute Gasteiger partial charge is 0.305 e. The Balaban J connectivity index is 2.15. The van der Waals surface area contributed by atoms with Crippen LogP contribution in [0.2, 0.25) is 0 Å². The maximum atomic E-state index is 12.6. The first-order valence-corrected chi connectivity index (χ1v) is 8.48. The van der Waals surface area contributed by atoms with Gasteiger partial charge in [0.2, 0.25) is 0 Å². The molecule has 0 spiro atoms. The summed E-state index contributed by atoms with van der Waals surface area (Å²) in [6.45, 7) is 0.541. The zero-order chi connectivity index (χ0) is 17.0. The molecule has 1 fully saturated rings. The first-order chi connectivity index (χ1) is 10.9. The molecule has 0 saturated carbocycles. The van der Waals surface area contributed by atoms with Crippen LogP contribution in [0.3, 0.4) is 0 Å². The van der Waals surface area contributed by atoms with Gasteiger partial charge in [0, 0.05) is 43.3 Å². The fraction of sp³-hybridized carbons (Fsp3) is 0.438. The summed E-state index contributed by atoms with van der Waals surface area (Å²) in [6.07, 6.45) is -0.0457. The lowest BCUT2D eigenvalue weighted by molar-refractivity contribution is -0.138. The molecule has 124 valence electrons. The maximum absolute atomic E-state index is 12.6. The van der Waals surface area contributed by atoms with Crippen molar-refractivity contribution in [3.63, 3.8) is 0 Å². The van der Waals surface area contributed by atoms with Crippen LogP contribution in [0.15, 0.2) is 24.3 Å². The second-order valence-corrected chi connectivity index (χ2v) is 6.75. The van der Waals surface area contributed by atoms with E-state index in [0.717, 1.165) is 5.75 Å². The Morgan fingerprint density at radius 1 is 1.22 bits per heavy atom. The summed E-state index contributed by atoms with van der Waals surface area (Å²) in [5, 5.41) is 9.00. The molecule has 0 radical (unpaired) electrons. The molecule has 1 aromatic rings. The second-order valence-electron chi connectivity index (χ2n) is 5.60. The molecule has 7 heteroatoms. The molecule has 0 bridgehead atoms. The number of benzene rings is 1.